The molecule has 0 bridgehead atoms. The van der Waals surface area contributed by atoms with Crippen molar-refractivity contribution in [1.29, 1.82) is 0 Å². The van der Waals surface area contributed by atoms with E-state index < -0.39 is 24.2 Å². The molecule has 0 aliphatic carbocycles. The molecule has 0 fully saturated rings. The van der Waals surface area contributed by atoms with E-state index >= 15 is 0 Å². The summed E-state index contributed by atoms with van der Waals surface area (Å²) in [6.07, 6.45) is 1.23. The lowest BCUT2D eigenvalue weighted by molar-refractivity contribution is -0.124. The molecule has 37 heavy (non-hydrogen) atoms. The molecule has 0 radical (unpaired) electrons. The molecule has 2 atom stereocenters. The maximum Gasteiger partial charge on any atom is 0.412 e. The molecule has 192 valence electrons. The Kier molecular flexibility index (Phi) is 8.45. The zero-order valence-electron chi connectivity index (χ0n) is 19.7. The fourth-order valence-corrected chi connectivity index (χ4v) is 3.69. The molecule has 0 saturated carbocycles. The van der Waals surface area contributed by atoms with Gasteiger partial charge in [0.05, 0.1) is 0 Å². The predicted molar refractivity (Wildman–Crippen MR) is 133 cm³/mol. The number of phenols is 1. The molecule has 3 aromatic carbocycles. The highest BCUT2D eigenvalue weighted by atomic mass is 16.7. The second-order valence-corrected chi connectivity index (χ2v) is 8.04. The van der Waals surface area contributed by atoms with Gasteiger partial charge >= 0.3 is 6.09 Å². The van der Waals surface area contributed by atoms with Crippen LogP contribution in [0.25, 0.3) is 0 Å². The van der Waals surface area contributed by atoms with E-state index in [0.717, 1.165) is 0 Å². The van der Waals surface area contributed by atoms with Gasteiger partial charge in [-0.1, -0.05) is 36.4 Å². The van der Waals surface area contributed by atoms with Crippen LogP contribution >= 0.6 is 0 Å². The second-order valence-electron chi connectivity index (χ2n) is 8.04. The van der Waals surface area contributed by atoms with Crippen molar-refractivity contribution in [3.63, 3.8) is 0 Å². The highest BCUT2D eigenvalue weighted by Gasteiger charge is 2.29. The summed E-state index contributed by atoms with van der Waals surface area (Å²) in [5.74, 6) is 1.06. The van der Waals surface area contributed by atoms with E-state index in [1.54, 1.807) is 48.5 Å². The minimum Gasteiger partial charge on any atom is -0.508 e. The maximum absolute atomic E-state index is 13.0. The average molecular weight is 507 g/mol. The third kappa shape index (κ3) is 7.15. The fourth-order valence-electron chi connectivity index (χ4n) is 3.69. The van der Waals surface area contributed by atoms with Gasteiger partial charge < -0.3 is 24.1 Å². The Morgan fingerprint density at radius 3 is 2.51 bits per heavy atom. The number of carbonyl (C=O) groups is 2. The lowest BCUT2D eigenvalue weighted by atomic mass is 10.00. The van der Waals surface area contributed by atoms with Gasteiger partial charge in [0, 0.05) is 17.8 Å². The third-order valence-corrected chi connectivity index (χ3v) is 5.44. The number of ether oxygens (including phenoxy) is 4. The molecule has 0 unspecified atom stereocenters. The number of amides is 2. The lowest BCUT2D eigenvalue weighted by Gasteiger charge is -2.28. The normalized spacial score (nSPS) is 13.5. The summed E-state index contributed by atoms with van der Waals surface area (Å²) in [6, 6.07) is 20.3. The van der Waals surface area contributed by atoms with Gasteiger partial charge in [0.2, 0.25) is 6.79 Å². The molecule has 1 aliphatic heterocycles. The highest BCUT2D eigenvalue weighted by Crippen LogP contribution is 2.35. The Hall–Kier alpha value is -4.70. The van der Waals surface area contributed by atoms with Crippen molar-refractivity contribution >= 4 is 17.7 Å². The minimum atomic E-state index is -0.880. The number of aromatic hydroxyl groups is 1. The Bertz CT molecular complexity index is 1230. The summed E-state index contributed by atoms with van der Waals surface area (Å²) in [5.41, 5.74) is 2.59. The molecule has 10 heteroatoms. The average Bonchev–Trinajstić information content (AvgIpc) is 3.38. The van der Waals surface area contributed by atoms with Crippen LogP contribution in [-0.2, 0) is 9.53 Å². The number of fused-ring (bicyclic) bond motifs is 1. The smallest absolute Gasteiger partial charge is 0.412 e. The zero-order valence-corrected chi connectivity index (χ0v) is 19.7. The molecule has 1 aliphatic rings. The quantitative estimate of drug-likeness (QED) is 0.177. The SMILES string of the molecule is O=C(/C=C/CC[C@@H](Oc1ccccc1)[C@H](OC(=O)Nc1ccc2c(c1)OCO2)c1ccc(O)cc1)NO. The maximum atomic E-state index is 13.0. The highest BCUT2D eigenvalue weighted by molar-refractivity contribution is 5.86. The van der Waals surface area contributed by atoms with Crippen molar-refractivity contribution in [1.82, 2.24) is 5.48 Å². The van der Waals surface area contributed by atoms with Crippen LogP contribution in [0.5, 0.6) is 23.0 Å². The number of hydrogen-bond donors (Lipinski definition) is 4. The summed E-state index contributed by atoms with van der Waals surface area (Å²) in [4.78, 5) is 24.3. The summed E-state index contributed by atoms with van der Waals surface area (Å²) < 4.78 is 22.7. The van der Waals surface area contributed by atoms with E-state index in [2.05, 4.69) is 5.32 Å². The van der Waals surface area contributed by atoms with Gasteiger partial charge in [-0.2, -0.15) is 0 Å². The summed E-state index contributed by atoms with van der Waals surface area (Å²) >= 11 is 0. The van der Waals surface area contributed by atoms with Gasteiger partial charge in [-0.05, 0) is 54.8 Å². The van der Waals surface area contributed by atoms with E-state index in [0.29, 0.717) is 41.3 Å². The predicted octanol–water partition coefficient (Wildman–Crippen LogP) is 4.70. The van der Waals surface area contributed by atoms with Crippen LogP contribution in [0.2, 0.25) is 0 Å². The second kappa shape index (κ2) is 12.3. The largest absolute Gasteiger partial charge is 0.508 e. The molecule has 0 saturated heterocycles. The molecule has 2 amide bonds. The fraction of sp³-hybridized carbons (Fsp3) is 0.185. The van der Waals surface area contributed by atoms with Crippen LogP contribution in [0.4, 0.5) is 10.5 Å². The number of rotatable bonds is 10. The molecular weight excluding hydrogens is 480 g/mol. The first-order valence-corrected chi connectivity index (χ1v) is 11.5. The number of hydrogen-bond acceptors (Lipinski definition) is 8. The number of benzene rings is 3. The molecule has 4 rings (SSSR count). The first-order chi connectivity index (χ1) is 18.0. The Balaban J connectivity index is 1.56. The number of nitrogens with one attached hydrogen (secondary N) is 2. The van der Waals surface area contributed by atoms with Crippen LogP contribution in [-0.4, -0.2) is 35.2 Å². The minimum absolute atomic E-state index is 0.0609. The first-order valence-electron chi connectivity index (χ1n) is 11.5. The molecule has 3 aromatic rings. The summed E-state index contributed by atoms with van der Waals surface area (Å²) in [7, 11) is 0. The van der Waals surface area contributed by atoms with Gasteiger partial charge in [-0.15, -0.1) is 0 Å². The van der Waals surface area contributed by atoms with Crippen LogP contribution < -0.4 is 25.0 Å². The number of hydroxylamine groups is 1. The van der Waals surface area contributed by atoms with Crippen LogP contribution in [0.3, 0.4) is 0 Å². The molecule has 4 N–H and O–H groups in total. The van der Waals surface area contributed by atoms with Crippen molar-refractivity contribution < 1.29 is 38.9 Å². The number of carbonyl (C=O) groups excluding carboxylic acids is 2. The van der Waals surface area contributed by atoms with Crippen LogP contribution in [0, 0.1) is 0 Å². The van der Waals surface area contributed by atoms with Gasteiger partial charge in [-0.3, -0.25) is 15.3 Å². The number of allylic oxidation sites excluding steroid dienone is 1. The van der Waals surface area contributed by atoms with E-state index in [9.17, 15) is 14.7 Å². The van der Waals surface area contributed by atoms with Gasteiger partial charge in [0.15, 0.2) is 17.6 Å². The summed E-state index contributed by atoms with van der Waals surface area (Å²) in [5, 5.41) is 21.2. The number of para-hydroxylation sites is 1. The molecular formula is C27H26N2O8. The third-order valence-electron chi connectivity index (χ3n) is 5.44. The van der Waals surface area contributed by atoms with E-state index in [1.165, 1.54) is 23.7 Å². The lowest BCUT2D eigenvalue weighted by Crippen LogP contribution is -2.31. The van der Waals surface area contributed by atoms with E-state index in [4.69, 9.17) is 24.2 Å². The van der Waals surface area contributed by atoms with Crippen molar-refractivity contribution in [3.8, 4) is 23.0 Å². The van der Waals surface area contributed by atoms with Crippen molar-refractivity contribution in [2.45, 2.75) is 25.0 Å². The first kappa shape index (κ1) is 25.4. The van der Waals surface area contributed by atoms with Gasteiger partial charge in [0.25, 0.3) is 5.91 Å². The van der Waals surface area contributed by atoms with Crippen molar-refractivity contribution in [2.24, 2.45) is 0 Å². The monoisotopic (exact) mass is 506 g/mol. The zero-order chi connectivity index (χ0) is 26.0. The molecule has 10 nitrogen and oxygen atoms in total. The Labute approximate surface area is 213 Å². The van der Waals surface area contributed by atoms with Gasteiger partial charge in [0.1, 0.15) is 17.6 Å². The van der Waals surface area contributed by atoms with Crippen molar-refractivity contribution in [2.75, 3.05) is 12.1 Å². The molecule has 0 aromatic heterocycles. The van der Waals surface area contributed by atoms with E-state index in [1.807, 2.05) is 18.2 Å². The van der Waals surface area contributed by atoms with Crippen LogP contribution in [0.1, 0.15) is 24.5 Å². The standard InChI is InChI=1S/C27H26N2O8/c30-20-13-10-18(11-14-20)26(37-27(32)28-19-12-15-22-24(16-19)35-17-34-22)23(8-4-5-9-25(31)29-33)36-21-6-2-1-3-7-21/h1-3,5-7,9-16,23,26,30,33H,4,8,17H2,(H,28,32)(H,29,31)/b9-5+/t23-,26-/m1/s1. The summed E-state index contributed by atoms with van der Waals surface area (Å²) in [6.45, 7) is 0.110. The Morgan fingerprint density at radius 1 is 1.00 bits per heavy atom. The molecule has 1 heterocycles. The van der Waals surface area contributed by atoms with Crippen LogP contribution in [0.15, 0.2) is 84.9 Å². The number of phenolic OH excluding ortho intramolecular Hbond substituents is 1. The number of anilines is 1. The van der Waals surface area contributed by atoms with Gasteiger partial charge in [-0.25, -0.2) is 10.3 Å². The Morgan fingerprint density at radius 2 is 1.76 bits per heavy atom. The topological polar surface area (TPSA) is 136 Å². The van der Waals surface area contributed by atoms with E-state index in [-0.39, 0.29) is 12.5 Å². The molecule has 0 spiro atoms. The van der Waals surface area contributed by atoms with Crippen molar-refractivity contribution in [3.05, 3.63) is 90.5 Å².